The zero-order chi connectivity index (χ0) is 15.6. The standard InChI is InChI=1S/C17H18N4OS/c1-12-9-18-16(19-10-12)22-13-5-4-8-21(11-13)17-20-14-6-2-3-7-15(14)23-17/h2-3,6-7,9-10,13H,4-5,8,11H2,1H3. The smallest absolute Gasteiger partial charge is 0.316 e. The van der Waals surface area contributed by atoms with Crippen molar-refractivity contribution >= 4 is 26.7 Å². The highest BCUT2D eigenvalue weighted by atomic mass is 32.1. The number of nitrogens with zero attached hydrogens (tertiary/aromatic N) is 4. The minimum absolute atomic E-state index is 0.110. The number of benzene rings is 1. The van der Waals surface area contributed by atoms with Crippen LogP contribution in [0.4, 0.5) is 5.13 Å². The van der Waals surface area contributed by atoms with Crippen LogP contribution in [0, 0.1) is 6.92 Å². The second-order valence-corrected chi connectivity index (χ2v) is 6.84. The summed E-state index contributed by atoms with van der Waals surface area (Å²) in [5.74, 6) is 0. The third-order valence-electron chi connectivity index (χ3n) is 3.96. The molecule has 1 aliphatic rings. The van der Waals surface area contributed by atoms with Gasteiger partial charge in [0.2, 0.25) is 0 Å². The Balaban J connectivity index is 1.49. The molecule has 2 aromatic heterocycles. The van der Waals surface area contributed by atoms with E-state index in [0.717, 1.165) is 42.1 Å². The third-order valence-corrected chi connectivity index (χ3v) is 5.06. The van der Waals surface area contributed by atoms with Crippen molar-refractivity contribution in [3.8, 4) is 6.01 Å². The summed E-state index contributed by atoms with van der Waals surface area (Å²) in [6.07, 6.45) is 5.80. The number of hydrogen-bond acceptors (Lipinski definition) is 6. The van der Waals surface area contributed by atoms with E-state index in [4.69, 9.17) is 9.72 Å². The number of para-hydroxylation sites is 1. The molecule has 0 N–H and O–H groups in total. The maximum atomic E-state index is 5.95. The minimum Gasteiger partial charge on any atom is -0.458 e. The van der Waals surface area contributed by atoms with Crippen LogP contribution in [0.1, 0.15) is 18.4 Å². The molecule has 0 saturated carbocycles. The van der Waals surface area contributed by atoms with Crippen LogP contribution >= 0.6 is 11.3 Å². The Kier molecular flexibility index (Phi) is 3.83. The van der Waals surface area contributed by atoms with Gasteiger partial charge in [0, 0.05) is 18.9 Å². The van der Waals surface area contributed by atoms with Gasteiger partial charge in [0.1, 0.15) is 6.10 Å². The van der Waals surface area contributed by atoms with E-state index < -0.39 is 0 Å². The van der Waals surface area contributed by atoms with Crippen LogP contribution in [0.2, 0.25) is 0 Å². The predicted molar refractivity (Wildman–Crippen MR) is 92.3 cm³/mol. The zero-order valence-electron chi connectivity index (χ0n) is 13.0. The summed E-state index contributed by atoms with van der Waals surface area (Å²) in [6, 6.07) is 8.73. The molecule has 5 nitrogen and oxygen atoms in total. The zero-order valence-corrected chi connectivity index (χ0v) is 13.8. The van der Waals surface area contributed by atoms with Crippen LogP contribution in [0.15, 0.2) is 36.7 Å². The minimum atomic E-state index is 0.110. The molecule has 0 spiro atoms. The molecule has 3 heterocycles. The first kappa shape index (κ1) is 14.4. The van der Waals surface area contributed by atoms with Crippen molar-refractivity contribution in [3.05, 3.63) is 42.2 Å². The highest BCUT2D eigenvalue weighted by Crippen LogP contribution is 2.30. The van der Waals surface area contributed by atoms with Gasteiger partial charge in [-0.1, -0.05) is 23.5 Å². The number of thiazole rings is 1. The number of fused-ring (bicyclic) bond motifs is 1. The molecule has 23 heavy (non-hydrogen) atoms. The lowest BCUT2D eigenvalue weighted by atomic mass is 10.1. The second-order valence-electron chi connectivity index (χ2n) is 5.84. The Morgan fingerprint density at radius 1 is 1.22 bits per heavy atom. The third kappa shape index (κ3) is 3.12. The van der Waals surface area contributed by atoms with Gasteiger partial charge in [0.15, 0.2) is 5.13 Å². The van der Waals surface area contributed by atoms with Crippen molar-refractivity contribution in [2.24, 2.45) is 0 Å². The van der Waals surface area contributed by atoms with Gasteiger partial charge in [-0.2, -0.15) is 0 Å². The molecule has 1 aromatic carbocycles. The number of hydrogen-bond donors (Lipinski definition) is 0. The van der Waals surface area contributed by atoms with E-state index in [1.807, 2.05) is 13.0 Å². The van der Waals surface area contributed by atoms with E-state index >= 15 is 0 Å². The quantitative estimate of drug-likeness (QED) is 0.738. The summed E-state index contributed by atoms with van der Waals surface area (Å²) in [5, 5.41) is 1.07. The Labute approximate surface area is 139 Å². The fraction of sp³-hybridized carbons (Fsp3) is 0.353. The molecule has 0 aliphatic carbocycles. The Hall–Kier alpha value is -2.21. The van der Waals surface area contributed by atoms with Crippen molar-refractivity contribution in [1.29, 1.82) is 0 Å². The lowest BCUT2D eigenvalue weighted by molar-refractivity contribution is 0.164. The number of piperidine rings is 1. The molecular formula is C17H18N4OS. The number of rotatable bonds is 3. The molecule has 1 fully saturated rings. The van der Waals surface area contributed by atoms with Gasteiger partial charge < -0.3 is 9.64 Å². The van der Waals surface area contributed by atoms with Gasteiger partial charge in [-0.3, -0.25) is 0 Å². The topological polar surface area (TPSA) is 51.1 Å². The van der Waals surface area contributed by atoms with Gasteiger partial charge in [-0.25, -0.2) is 15.0 Å². The lowest BCUT2D eigenvalue weighted by Gasteiger charge is -2.32. The molecule has 1 unspecified atom stereocenters. The summed E-state index contributed by atoms with van der Waals surface area (Å²) in [4.78, 5) is 15.5. The fourth-order valence-corrected chi connectivity index (χ4v) is 3.79. The van der Waals surface area contributed by atoms with Crippen molar-refractivity contribution in [3.63, 3.8) is 0 Å². The Morgan fingerprint density at radius 3 is 2.87 bits per heavy atom. The molecule has 0 radical (unpaired) electrons. The molecular weight excluding hydrogens is 308 g/mol. The summed E-state index contributed by atoms with van der Waals surface area (Å²) in [6.45, 7) is 3.82. The van der Waals surface area contributed by atoms with Crippen molar-refractivity contribution in [1.82, 2.24) is 15.0 Å². The monoisotopic (exact) mass is 326 g/mol. The molecule has 1 saturated heterocycles. The fourth-order valence-electron chi connectivity index (χ4n) is 2.79. The summed E-state index contributed by atoms with van der Waals surface area (Å²) in [5.41, 5.74) is 2.11. The highest BCUT2D eigenvalue weighted by Gasteiger charge is 2.24. The lowest BCUT2D eigenvalue weighted by Crippen LogP contribution is -2.41. The van der Waals surface area contributed by atoms with Crippen molar-refractivity contribution < 1.29 is 4.74 Å². The van der Waals surface area contributed by atoms with Gasteiger partial charge in [0.25, 0.3) is 0 Å². The molecule has 118 valence electrons. The van der Waals surface area contributed by atoms with Gasteiger partial charge in [-0.05, 0) is 37.5 Å². The molecule has 3 aromatic rings. The molecule has 4 rings (SSSR count). The second kappa shape index (κ2) is 6.12. The molecule has 6 heteroatoms. The van der Waals surface area contributed by atoms with Gasteiger partial charge in [-0.15, -0.1) is 0 Å². The van der Waals surface area contributed by atoms with Crippen molar-refractivity contribution in [2.45, 2.75) is 25.9 Å². The Bertz CT molecular complexity index is 769. The molecule has 1 atom stereocenters. The summed E-state index contributed by atoms with van der Waals surface area (Å²) in [7, 11) is 0. The van der Waals surface area contributed by atoms with E-state index in [9.17, 15) is 0 Å². The first-order valence-corrected chi connectivity index (χ1v) is 8.65. The molecule has 0 bridgehead atoms. The maximum absolute atomic E-state index is 5.95. The molecule has 0 amide bonds. The van der Waals surface area contributed by atoms with Crippen LogP contribution < -0.4 is 9.64 Å². The van der Waals surface area contributed by atoms with Crippen LogP contribution in [0.3, 0.4) is 0 Å². The van der Waals surface area contributed by atoms with Crippen molar-refractivity contribution in [2.75, 3.05) is 18.0 Å². The van der Waals surface area contributed by atoms with Crippen LogP contribution in [0.25, 0.3) is 10.2 Å². The molecule has 1 aliphatic heterocycles. The first-order valence-electron chi connectivity index (χ1n) is 7.84. The van der Waals surface area contributed by atoms with Crippen LogP contribution in [-0.4, -0.2) is 34.1 Å². The SMILES string of the molecule is Cc1cnc(OC2CCCN(c3nc4ccccc4s3)C2)nc1. The van der Waals surface area contributed by atoms with E-state index in [2.05, 4.69) is 33.1 Å². The van der Waals surface area contributed by atoms with E-state index in [1.165, 1.54) is 4.70 Å². The van der Waals surface area contributed by atoms with Gasteiger partial charge >= 0.3 is 6.01 Å². The maximum Gasteiger partial charge on any atom is 0.316 e. The summed E-state index contributed by atoms with van der Waals surface area (Å²) >= 11 is 1.74. The normalized spacial score (nSPS) is 18.3. The Morgan fingerprint density at radius 2 is 2.04 bits per heavy atom. The largest absolute Gasteiger partial charge is 0.458 e. The van der Waals surface area contributed by atoms with Crippen LogP contribution in [0.5, 0.6) is 6.01 Å². The average molecular weight is 326 g/mol. The number of aromatic nitrogens is 3. The number of ether oxygens (including phenoxy) is 1. The van der Waals surface area contributed by atoms with Gasteiger partial charge in [0.05, 0.1) is 16.8 Å². The van der Waals surface area contributed by atoms with E-state index in [1.54, 1.807) is 23.7 Å². The van der Waals surface area contributed by atoms with E-state index in [0.29, 0.717) is 6.01 Å². The summed E-state index contributed by atoms with van der Waals surface area (Å²) < 4.78 is 7.18. The average Bonchev–Trinajstić information content (AvgIpc) is 3.01. The number of aryl methyl sites for hydroxylation is 1. The first-order chi connectivity index (χ1) is 11.3. The number of anilines is 1. The highest BCUT2D eigenvalue weighted by molar-refractivity contribution is 7.22. The van der Waals surface area contributed by atoms with Crippen LogP contribution in [-0.2, 0) is 0 Å². The van der Waals surface area contributed by atoms with E-state index in [-0.39, 0.29) is 6.10 Å². The predicted octanol–water partition coefficient (Wildman–Crippen LogP) is 3.44.